The second kappa shape index (κ2) is 4.77. The van der Waals surface area contributed by atoms with E-state index >= 15 is 0 Å². The van der Waals surface area contributed by atoms with Crippen LogP contribution in [-0.2, 0) is 4.74 Å². The third kappa shape index (κ3) is 2.42. The van der Waals surface area contributed by atoms with Gasteiger partial charge in [-0.1, -0.05) is 0 Å². The Kier molecular flexibility index (Phi) is 3.94. The molecule has 1 aromatic heterocycles. The molecular formula is C6H8IN2O2P. The Hall–Kier alpha value is -0.160. The van der Waals surface area contributed by atoms with Gasteiger partial charge in [0.1, 0.15) is 0 Å². The lowest BCUT2D eigenvalue weighted by atomic mass is 10.4. The summed E-state index contributed by atoms with van der Waals surface area (Å²) >= 11 is 2.19. The van der Waals surface area contributed by atoms with E-state index in [1.54, 1.807) is 23.6 Å². The molecule has 6 heteroatoms. The third-order valence-electron chi connectivity index (χ3n) is 1.16. The fourth-order valence-corrected chi connectivity index (χ4v) is 1.77. The van der Waals surface area contributed by atoms with Gasteiger partial charge in [0, 0.05) is 6.20 Å². The molecule has 0 saturated heterocycles. The molecule has 0 aliphatic carbocycles. The van der Waals surface area contributed by atoms with Crippen LogP contribution in [0.15, 0.2) is 12.3 Å². The van der Waals surface area contributed by atoms with E-state index in [0.717, 1.165) is 0 Å². The molecular weight excluding hydrogens is 290 g/mol. The van der Waals surface area contributed by atoms with Crippen molar-refractivity contribution in [2.24, 2.45) is 0 Å². The van der Waals surface area contributed by atoms with E-state index < -0.39 is 0 Å². The maximum atomic E-state index is 11.1. The van der Waals surface area contributed by atoms with E-state index in [1.165, 1.54) is 0 Å². The van der Waals surface area contributed by atoms with E-state index in [1.807, 2.05) is 0 Å². The summed E-state index contributed by atoms with van der Waals surface area (Å²) in [5.74, 6) is -0.356. The Bertz CT molecular complexity index is 276. The zero-order valence-electron chi connectivity index (χ0n) is 6.45. The molecule has 1 heterocycles. The summed E-state index contributed by atoms with van der Waals surface area (Å²) < 4.78 is 6.47. The minimum absolute atomic E-state index is 0.356. The maximum Gasteiger partial charge on any atom is 0.358 e. The molecule has 0 amide bonds. The number of carbonyl (C=O) groups excluding carboxylic acids is 1. The Morgan fingerprint density at radius 2 is 2.67 bits per heavy atom. The number of carbonyl (C=O) groups is 1. The number of esters is 1. The van der Waals surface area contributed by atoms with E-state index in [2.05, 4.69) is 27.1 Å². The van der Waals surface area contributed by atoms with Crippen LogP contribution in [0.2, 0.25) is 0 Å². The quantitative estimate of drug-likeness (QED) is 0.486. The van der Waals surface area contributed by atoms with Gasteiger partial charge >= 0.3 is 5.97 Å². The highest BCUT2D eigenvalue weighted by Crippen LogP contribution is 2.22. The highest BCUT2D eigenvalue weighted by atomic mass is 127. The minimum Gasteiger partial charge on any atom is -0.461 e. The predicted octanol–water partition coefficient (Wildman–Crippen LogP) is 1.85. The van der Waals surface area contributed by atoms with Crippen molar-refractivity contribution in [1.29, 1.82) is 0 Å². The monoisotopic (exact) mass is 298 g/mol. The summed E-state index contributed by atoms with van der Waals surface area (Å²) in [4.78, 5) is 11.1. The highest BCUT2D eigenvalue weighted by Gasteiger charge is 2.08. The van der Waals surface area contributed by atoms with Crippen LogP contribution in [-0.4, -0.2) is 22.1 Å². The van der Waals surface area contributed by atoms with Crippen LogP contribution < -0.4 is 0 Å². The second-order valence-electron chi connectivity index (χ2n) is 1.95. The molecule has 1 rings (SSSR count). The SMILES string of the molecule is CCOC(=O)c1ccn(PI)n1. The lowest BCUT2D eigenvalue weighted by Crippen LogP contribution is -2.05. The second-order valence-corrected chi connectivity index (χ2v) is 4.03. The molecule has 0 bridgehead atoms. The standard InChI is InChI=1S/C6H8IN2O2P/c1-2-11-6(10)5-3-4-9(8-5)12-7/h3-4,12H,2H2,1H3. The van der Waals surface area contributed by atoms with Crippen LogP contribution in [0.25, 0.3) is 0 Å². The average Bonchev–Trinajstić information content (AvgIpc) is 2.52. The lowest BCUT2D eigenvalue weighted by molar-refractivity contribution is 0.0519. The van der Waals surface area contributed by atoms with Crippen LogP contribution in [0, 0.1) is 0 Å². The molecule has 0 spiro atoms. The first-order valence-electron chi connectivity index (χ1n) is 3.37. The Labute approximate surface area is 85.0 Å². The van der Waals surface area contributed by atoms with Gasteiger partial charge in [-0.05, 0) is 35.0 Å². The van der Waals surface area contributed by atoms with Crippen LogP contribution in [0.5, 0.6) is 0 Å². The van der Waals surface area contributed by atoms with Gasteiger partial charge in [0.2, 0.25) is 0 Å². The number of ether oxygens (including phenoxy) is 1. The lowest BCUT2D eigenvalue weighted by Gasteiger charge is -1.96. The van der Waals surface area contributed by atoms with Crippen molar-refractivity contribution in [1.82, 2.24) is 9.55 Å². The molecule has 0 radical (unpaired) electrons. The maximum absolute atomic E-state index is 11.1. The van der Waals surface area contributed by atoms with Gasteiger partial charge < -0.3 is 4.74 Å². The Morgan fingerprint density at radius 1 is 1.92 bits per heavy atom. The van der Waals surface area contributed by atoms with Crippen molar-refractivity contribution in [2.45, 2.75) is 6.92 Å². The zero-order chi connectivity index (χ0) is 8.97. The normalized spacial score (nSPS) is 10.8. The van der Waals surface area contributed by atoms with Crippen molar-refractivity contribution in [3.8, 4) is 0 Å². The summed E-state index contributed by atoms with van der Waals surface area (Å²) in [6.45, 7) is 2.16. The summed E-state index contributed by atoms with van der Waals surface area (Å²) in [6, 6.07) is 1.66. The van der Waals surface area contributed by atoms with Gasteiger partial charge in [-0.25, -0.2) is 9.25 Å². The van der Waals surface area contributed by atoms with Crippen molar-refractivity contribution < 1.29 is 9.53 Å². The van der Waals surface area contributed by atoms with Crippen molar-refractivity contribution in [3.63, 3.8) is 0 Å². The molecule has 0 aliphatic rings. The minimum atomic E-state index is -0.356. The molecule has 66 valence electrons. The summed E-state index contributed by atoms with van der Waals surface area (Å²) in [7, 11) is 0. The first-order valence-corrected chi connectivity index (χ1v) is 7.43. The van der Waals surface area contributed by atoms with Gasteiger partial charge in [0.05, 0.1) is 13.0 Å². The molecule has 4 nitrogen and oxygen atoms in total. The molecule has 0 saturated carbocycles. The van der Waals surface area contributed by atoms with Crippen molar-refractivity contribution >= 4 is 34.4 Å². The van der Waals surface area contributed by atoms with Gasteiger partial charge in [-0.15, -0.1) is 0 Å². The highest BCUT2D eigenvalue weighted by molar-refractivity contribution is 14.2. The number of hydrogen-bond acceptors (Lipinski definition) is 3. The molecule has 0 fully saturated rings. The van der Waals surface area contributed by atoms with Gasteiger partial charge in [0.25, 0.3) is 0 Å². The predicted molar refractivity (Wildman–Crippen MR) is 55.9 cm³/mol. The summed E-state index contributed by atoms with van der Waals surface area (Å²) in [5.41, 5.74) is 0.376. The Morgan fingerprint density at radius 3 is 3.17 bits per heavy atom. The average molecular weight is 298 g/mol. The molecule has 0 N–H and O–H groups in total. The Balaban J connectivity index is 2.68. The zero-order valence-corrected chi connectivity index (χ0v) is 9.61. The van der Waals surface area contributed by atoms with Crippen molar-refractivity contribution in [3.05, 3.63) is 18.0 Å². The van der Waals surface area contributed by atoms with Gasteiger partial charge in [-0.2, -0.15) is 5.10 Å². The van der Waals surface area contributed by atoms with Crippen molar-refractivity contribution in [2.75, 3.05) is 6.61 Å². The molecule has 1 atom stereocenters. The van der Waals surface area contributed by atoms with E-state index in [0.29, 0.717) is 18.7 Å². The molecule has 0 aromatic carbocycles. The fraction of sp³-hybridized carbons (Fsp3) is 0.333. The van der Waals surface area contributed by atoms with E-state index in [4.69, 9.17) is 4.74 Å². The van der Waals surface area contributed by atoms with Crippen LogP contribution in [0.4, 0.5) is 0 Å². The largest absolute Gasteiger partial charge is 0.461 e. The molecule has 1 aromatic rings. The summed E-state index contributed by atoms with van der Waals surface area (Å²) in [5, 5.41) is 3.99. The molecule has 1 unspecified atom stereocenters. The number of nitrogens with zero attached hydrogens (tertiary/aromatic N) is 2. The summed E-state index contributed by atoms with van der Waals surface area (Å²) in [6.07, 6.45) is 2.27. The van der Waals surface area contributed by atoms with E-state index in [9.17, 15) is 4.79 Å². The number of hydrogen-bond donors (Lipinski definition) is 0. The molecule has 0 aliphatic heterocycles. The number of rotatable bonds is 3. The first kappa shape index (κ1) is 9.92. The first-order chi connectivity index (χ1) is 5.77. The molecule has 12 heavy (non-hydrogen) atoms. The number of aromatic nitrogens is 2. The van der Waals surface area contributed by atoms with E-state index in [-0.39, 0.29) is 5.97 Å². The van der Waals surface area contributed by atoms with Gasteiger partial charge in [-0.3, -0.25) is 0 Å². The van der Waals surface area contributed by atoms with Crippen LogP contribution >= 0.6 is 28.4 Å². The van der Waals surface area contributed by atoms with Crippen LogP contribution in [0.1, 0.15) is 17.4 Å². The third-order valence-corrected chi connectivity index (χ3v) is 3.07. The fourth-order valence-electron chi connectivity index (χ4n) is 0.685. The number of halogens is 1. The topological polar surface area (TPSA) is 44.1 Å². The van der Waals surface area contributed by atoms with Crippen LogP contribution in [0.3, 0.4) is 0 Å². The van der Waals surface area contributed by atoms with Gasteiger partial charge in [0.15, 0.2) is 5.69 Å². The smallest absolute Gasteiger partial charge is 0.358 e.